The molecule has 0 radical (unpaired) electrons. The molecule has 2 aromatic carbocycles. The van der Waals surface area contributed by atoms with Crippen molar-refractivity contribution in [2.24, 2.45) is 0 Å². The molecule has 0 bridgehead atoms. The number of hydrogen-bond donors (Lipinski definition) is 2. The fourth-order valence-corrected chi connectivity index (χ4v) is 2.17. The zero-order valence-electron chi connectivity index (χ0n) is 11.9. The highest BCUT2D eigenvalue weighted by Crippen LogP contribution is 2.18. The molecule has 0 atom stereocenters. The molecule has 0 spiro atoms. The smallest absolute Gasteiger partial charge is 0.224 e. The standard InChI is InChI=1S/C17H20N2O/c1-12-4-3-5-14(10-12)6-9-17(20)19-16-8-7-15(18)11-13(16)2/h3-5,7-8,10-11H,6,9,18H2,1-2H3,(H,19,20). The Labute approximate surface area is 119 Å². The molecule has 0 heterocycles. The summed E-state index contributed by atoms with van der Waals surface area (Å²) in [6.45, 7) is 3.99. The Morgan fingerprint density at radius 2 is 1.95 bits per heavy atom. The van der Waals surface area contributed by atoms with Crippen LogP contribution in [-0.4, -0.2) is 5.91 Å². The molecule has 2 aromatic rings. The van der Waals surface area contributed by atoms with Crippen LogP contribution in [0.2, 0.25) is 0 Å². The van der Waals surface area contributed by atoms with Crippen molar-refractivity contribution in [1.82, 2.24) is 0 Å². The lowest BCUT2D eigenvalue weighted by Gasteiger charge is -2.09. The van der Waals surface area contributed by atoms with Crippen LogP contribution in [-0.2, 0) is 11.2 Å². The Morgan fingerprint density at radius 3 is 2.65 bits per heavy atom. The molecule has 0 saturated heterocycles. The molecule has 3 nitrogen and oxygen atoms in total. The molecular formula is C17H20N2O. The van der Waals surface area contributed by atoms with Crippen LogP contribution >= 0.6 is 0 Å². The van der Waals surface area contributed by atoms with Crippen molar-refractivity contribution in [1.29, 1.82) is 0 Å². The van der Waals surface area contributed by atoms with Crippen LogP contribution in [0.5, 0.6) is 0 Å². The number of nitrogen functional groups attached to an aromatic ring is 1. The summed E-state index contributed by atoms with van der Waals surface area (Å²) in [6, 6.07) is 13.7. The van der Waals surface area contributed by atoms with E-state index < -0.39 is 0 Å². The van der Waals surface area contributed by atoms with Gasteiger partial charge in [0.15, 0.2) is 0 Å². The molecule has 0 unspecified atom stereocenters. The van der Waals surface area contributed by atoms with E-state index in [-0.39, 0.29) is 5.91 Å². The number of benzene rings is 2. The quantitative estimate of drug-likeness (QED) is 0.834. The van der Waals surface area contributed by atoms with Gasteiger partial charge in [-0.2, -0.15) is 0 Å². The molecule has 0 aliphatic rings. The van der Waals surface area contributed by atoms with E-state index in [1.54, 1.807) is 6.07 Å². The lowest BCUT2D eigenvalue weighted by molar-refractivity contribution is -0.116. The van der Waals surface area contributed by atoms with Crippen molar-refractivity contribution in [3.05, 3.63) is 59.2 Å². The molecule has 20 heavy (non-hydrogen) atoms. The Kier molecular flexibility index (Phi) is 4.41. The van der Waals surface area contributed by atoms with Gasteiger partial charge in [-0.15, -0.1) is 0 Å². The molecule has 3 heteroatoms. The predicted molar refractivity (Wildman–Crippen MR) is 83.7 cm³/mol. The number of rotatable bonds is 4. The summed E-state index contributed by atoms with van der Waals surface area (Å²) in [6.07, 6.45) is 1.23. The summed E-state index contributed by atoms with van der Waals surface area (Å²) in [4.78, 5) is 12.0. The van der Waals surface area contributed by atoms with Crippen LogP contribution in [0.15, 0.2) is 42.5 Å². The Morgan fingerprint density at radius 1 is 1.15 bits per heavy atom. The second kappa shape index (κ2) is 6.24. The van der Waals surface area contributed by atoms with Gasteiger partial charge in [0, 0.05) is 17.8 Å². The third kappa shape index (κ3) is 3.85. The van der Waals surface area contributed by atoms with Gasteiger partial charge in [0.2, 0.25) is 5.91 Å². The molecule has 0 aromatic heterocycles. The first-order chi connectivity index (χ1) is 9.54. The van der Waals surface area contributed by atoms with Crippen molar-refractivity contribution in [3.63, 3.8) is 0 Å². The van der Waals surface area contributed by atoms with Crippen molar-refractivity contribution >= 4 is 17.3 Å². The van der Waals surface area contributed by atoms with Gasteiger partial charge in [0.05, 0.1) is 0 Å². The molecule has 0 aliphatic heterocycles. The first-order valence-electron chi connectivity index (χ1n) is 6.76. The molecule has 0 saturated carbocycles. The average molecular weight is 268 g/mol. The van der Waals surface area contributed by atoms with E-state index in [2.05, 4.69) is 30.4 Å². The van der Waals surface area contributed by atoms with Crippen molar-refractivity contribution in [2.75, 3.05) is 11.1 Å². The van der Waals surface area contributed by atoms with Crippen molar-refractivity contribution in [3.8, 4) is 0 Å². The fraction of sp³-hybridized carbons (Fsp3) is 0.235. The van der Waals surface area contributed by atoms with E-state index in [0.717, 1.165) is 17.7 Å². The molecule has 1 amide bonds. The topological polar surface area (TPSA) is 55.1 Å². The van der Waals surface area contributed by atoms with E-state index >= 15 is 0 Å². The highest BCUT2D eigenvalue weighted by Gasteiger charge is 2.05. The van der Waals surface area contributed by atoms with E-state index in [1.165, 1.54) is 11.1 Å². The minimum Gasteiger partial charge on any atom is -0.399 e. The minimum atomic E-state index is 0.0272. The van der Waals surface area contributed by atoms with Gasteiger partial charge >= 0.3 is 0 Å². The monoisotopic (exact) mass is 268 g/mol. The van der Waals surface area contributed by atoms with Gasteiger partial charge in [0.25, 0.3) is 0 Å². The summed E-state index contributed by atoms with van der Waals surface area (Å²) < 4.78 is 0. The Balaban J connectivity index is 1.92. The predicted octanol–water partition coefficient (Wildman–Crippen LogP) is 3.46. The van der Waals surface area contributed by atoms with Crippen molar-refractivity contribution in [2.45, 2.75) is 26.7 Å². The van der Waals surface area contributed by atoms with Crippen LogP contribution in [0.25, 0.3) is 0 Å². The average Bonchev–Trinajstić information content (AvgIpc) is 2.40. The number of carbonyl (C=O) groups excluding carboxylic acids is 1. The van der Waals surface area contributed by atoms with E-state index in [9.17, 15) is 4.79 Å². The van der Waals surface area contributed by atoms with Gasteiger partial charge in [-0.1, -0.05) is 29.8 Å². The van der Waals surface area contributed by atoms with Gasteiger partial charge in [-0.25, -0.2) is 0 Å². The lowest BCUT2D eigenvalue weighted by atomic mass is 10.1. The first kappa shape index (κ1) is 14.1. The Hall–Kier alpha value is -2.29. The van der Waals surface area contributed by atoms with E-state index in [0.29, 0.717) is 12.1 Å². The summed E-state index contributed by atoms with van der Waals surface area (Å²) in [5, 5.41) is 2.93. The summed E-state index contributed by atoms with van der Waals surface area (Å²) in [7, 11) is 0. The van der Waals surface area contributed by atoms with E-state index in [4.69, 9.17) is 5.73 Å². The third-order valence-corrected chi connectivity index (χ3v) is 3.25. The maximum Gasteiger partial charge on any atom is 0.224 e. The summed E-state index contributed by atoms with van der Waals surface area (Å²) in [5.74, 6) is 0.0272. The fourth-order valence-electron chi connectivity index (χ4n) is 2.17. The van der Waals surface area contributed by atoms with Crippen molar-refractivity contribution < 1.29 is 4.79 Å². The molecular weight excluding hydrogens is 248 g/mol. The first-order valence-corrected chi connectivity index (χ1v) is 6.76. The molecule has 104 valence electrons. The van der Waals surface area contributed by atoms with Gasteiger partial charge in [-0.05, 0) is 49.6 Å². The Bertz CT molecular complexity index is 620. The third-order valence-electron chi connectivity index (χ3n) is 3.25. The van der Waals surface area contributed by atoms with Crippen LogP contribution in [0.1, 0.15) is 23.1 Å². The molecule has 0 fully saturated rings. The summed E-state index contributed by atoms with van der Waals surface area (Å²) >= 11 is 0. The second-order valence-electron chi connectivity index (χ2n) is 5.11. The number of hydrogen-bond acceptors (Lipinski definition) is 2. The van der Waals surface area contributed by atoms with Gasteiger partial charge in [-0.3, -0.25) is 4.79 Å². The molecule has 0 aliphatic carbocycles. The number of nitrogens with one attached hydrogen (secondary N) is 1. The second-order valence-corrected chi connectivity index (χ2v) is 5.11. The zero-order valence-corrected chi connectivity index (χ0v) is 11.9. The van der Waals surface area contributed by atoms with Crippen LogP contribution < -0.4 is 11.1 Å². The normalized spacial score (nSPS) is 10.3. The number of carbonyl (C=O) groups is 1. The van der Waals surface area contributed by atoms with E-state index in [1.807, 2.05) is 25.1 Å². The maximum absolute atomic E-state index is 12.0. The highest BCUT2D eigenvalue weighted by molar-refractivity contribution is 5.91. The largest absolute Gasteiger partial charge is 0.399 e. The molecule has 2 rings (SSSR count). The van der Waals surface area contributed by atoms with Gasteiger partial charge < -0.3 is 11.1 Å². The number of nitrogens with two attached hydrogens (primary N) is 1. The van der Waals surface area contributed by atoms with Crippen LogP contribution in [0.4, 0.5) is 11.4 Å². The highest BCUT2D eigenvalue weighted by atomic mass is 16.1. The van der Waals surface area contributed by atoms with Crippen LogP contribution in [0.3, 0.4) is 0 Å². The minimum absolute atomic E-state index is 0.0272. The zero-order chi connectivity index (χ0) is 14.5. The summed E-state index contributed by atoms with van der Waals surface area (Å²) in [5.41, 5.74) is 10.6. The number of amides is 1. The SMILES string of the molecule is Cc1cccc(CCC(=O)Nc2ccc(N)cc2C)c1. The number of anilines is 2. The maximum atomic E-state index is 12.0. The number of aryl methyl sites for hydroxylation is 3. The lowest BCUT2D eigenvalue weighted by Crippen LogP contribution is -2.13. The van der Waals surface area contributed by atoms with Gasteiger partial charge in [0.1, 0.15) is 0 Å². The molecule has 3 N–H and O–H groups in total. The van der Waals surface area contributed by atoms with Crippen LogP contribution in [0, 0.1) is 13.8 Å².